The van der Waals surface area contributed by atoms with E-state index >= 15 is 0 Å². The van der Waals surface area contributed by atoms with Crippen LogP contribution in [0.1, 0.15) is 46.0 Å². The number of carbonyl (C=O) groups excluding carboxylic acids is 3. The Morgan fingerprint density at radius 3 is 2.50 bits per heavy atom. The fourth-order valence-electron chi connectivity index (χ4n) is 3.63. The molecule has 0 unspecified atom stereocenters. The zero-order valence-corrected chi connectivity index (χ0v) is 17.7. The Balaban J connectivity index is 1.61. The second kappa shape index (κ2) is 10.3. The molecular formula is C22H31N3O5. The molecule has 30 heavy (non-hydrogen) atoms. The highest BCUT2D eigenvalue weighted by Crippen LogP contribution is 2.32. The van der Waals surface area contributed by atoms with Gasteiger partial charge >= 0.3 is 11.8 Å². The molecule has 8 nitrogen and oxygen atoms in total. The van der Waals surface area contributed by atoms with Crippen LogP contribution < -0.4 is 20.1 Å². The van der Waals surface area contributed by atoms with Crippen LogP contribution in [0.3, 0.4) is 0 Å². The highest BCUT2D eigenvalue weighted by molar-refractivity contribution is 6.39. The molecule has 1 saturated carbocycles. The van der Waals surface area contributed by atoms with Gasteiger partial charge in [-0.3, -0.25) is 14.4 Å². The van der Waals surface area contributed by atoms with Gasteiger partial charge in [0.1, 0.15) is 13.2 Å². The third kappa shape index (κ3) is 6.11. The molecule has 0 atom stereocenters. The van der Waals surface area contributed by atoms with Crippen LogP contribution in [0.25, 0.3) is 0 Å². The van der Waals surface area contributed by atoms with E-state index in [-0.39, 0.29) is 18.5 Å². The lowest BCUT2D eigenvalue weighted by atomic mass is 10.1. The predicted molar refractivity (Wildman–Crippen MR) is 112 cm³/mol. The monoisotopic (exact) mass is 417 g/mol. The van der Waals surface area contributed by atoms with E-state index in [2.05, 4.69) is 10.6 Å². The fourth-order valence-corrected chi connectivity index (χ4v) is 3.63. The van der Waals surface area contributed by atoms with Crippen LogP contribution in [0, 0.1) is 5.92 Å². The van der Waals surface area contributed by atoms with E-state index in [4.69, 9.17) is 9.47 Å². The van der Waals surface area contributed by atoms with Gasteiger partial charge in [0.2, 0.25) is 5.91 Å². The summed E-state index contributed by atoms with van der Waals surface area (Å²) in [6.45, 7) is 5.22. The summed E-state index contributed by atoms with van der Waals surface area (Å²) in [5.74, 6) is -0.229. The molecule has 8 heteroatoms. The first kappa shape index (κ1) is 21.9. The normalized spacial score (nSPS) is 15.7. The van der Waals surface area contributed by atoms with Gasteiger partial charge in [0, 0.05) is 24.3 Å². The van der Waals surface area contributed by atoms with Crippen molar-refractivity contribution < 1.29 is 23.9 Å². The van der Waals surface area contributed by atoms with E-state index in [0.29, 0.717) is 49.3 Å². The average Bonchev–Trinajstić information content (AvgIpc) is 3.23. The molecule has 1 aliphatic heterocycles. The van der Waals surface area contributed by atoms with Crippen molar-refractivity contribution in [3.05, 3.63) is 18.2 Å². The minimum absolute atomic E-state index is 0.114. The van der Waals surface area contributed by atoms with Gasteiger partial charge < -0.3 is 25.0 Å². The molecule has 1 heterocycles. The molecule has 1 fully saturated rings. The largest absolute Gasteiger partial charge is 0.486 e. The van der Waals surface area contributed by atoms with Gasteiger partial charge in [0.25, 0.3) is 0 Å². The number of rotatable bonds is 7. The molecule has 0 aromatic heterocycles. The summed E-state index contributed by atoms with van der Waals surface area (Å²) in [7, 11) is 0. The van der Waals surface area contributed by atoms with Crippen molar-refractivity contribution in [2.24, 2.45) is 5.92 Å². The second-order valence-corrected chi connectivity index (χ2v) is 8.27. The Hall–Kier alpha value is -2.77. The first-order chi connectivity index (χ1) is 14.4. The maximum Gasteiger partial charge on any atom is 0.313 e. The van der Waals surface area contributed by atoms with Crippen LogP contribution in [0.15, 0.2) is 18.2 Å². The number of hydrogen-bond donors (Lipinski definition) is 2. The molecule has 2 N–H and O–H groups in total. The summed E-state index contributed by atoms with van der Waals surface area (Å²) in [6, 6.07) is 5.15. The molecule has 0 spiro atoms. The number of carbonyl (C=O) groups is 3. The summed E-state index contributed by atoms with van der Waals surface area (Å²) in [5, 5.41) is 5.59. The minimum atomic E-state index is -0.774. The highest BCUT2D eigenvalue weighted by atomic mass is 16.6. The number of ether oxygens (including phenoxy) is 2. The van der Waals surface area contributed by atoms with Crippen LogP contribution in [0.2, 0.25) is 0 Å². The third-order valence-corrected chi connectivity index (χ3v) is 5.31. The average molecular weight is 418 g/mol. The van der Waals surface area contributed by atoms with Gasteiger partial charge in [-0.05, 0) is 37.3 Å². The quantitative estimate of drug-likeness (QED) is 0.664. The van der Waals surface area contributed by atoms with Crippen molar-refractivity contribution in [1.82, 2.24) is 10.2 Å². The van der Waals surface area contributed by atoms with Gasteiger partial charge in [-0.2, -0.15) is 0 Å². The van der Waals surface area contributed by atoms with E-state index in [1.165, 1.54) is 4.90 Å². The van der Waals surface area contributed by atoms with Gasteiger partial charge in [0.15, 0.2) is 11.5 Å². The van der Waals surface area contributed by atoms with Gasteiger partial charge in [-0.15, -0.1) is 0 Å². The van der Waals surface area contributed by atoms with Crippen LogP contribution in [-0.2, 0) is 14.4 Å². The molecule has 3 rings (SSSR count). The Morgan fingerprint density at radius 2 is 1.80 bits per heavy atom. The lowest BCUT2D eigenvalue weighted by Gasteiger charge is -2.24. The van der Waals surface area contributed by atoms with Crippen molar-refractivity contribution in [3.63, 3.8) is 0 Å². The Morgan fingerprint density at radius 1 is 1.10 bits per heavy atom. The molecular weight excluding hydrogens is 386 g/mol. The number of benzene rings is 1. The SMILES string of the molecule is CC(C)CCN(CC(=O)NC1CCCC1)C(=O)C(=O)Nc1ccc2c(c1)OCCO2. The van der Waals surface area contributed by atoms with Crippen LogP contribution in [0.4, 0.5) is 5.69 Å². The molecule has 0 saturated heterocycles. The summed E-state index contributed by atoms with van der Waals surface area (Å²) in [4.78, 5) is 39.1. The number of amides is 3. The minimum Gasteiger partial charge on any atom is -0.486 e. The summed E-state index contributed by atoms with van der Waals surface area (Å²) < 4.78 is 11.0. The summed E-state index contributed by atoms with van der Waals surface area (Å²) in [5.41, 5.74) is 0.441. The molecule has 3 amide bonds. The fraction of sp³-hybridized carbons (Fsp3) is 0.591. The molecule has 1 aliphatic carbocycles. The zero-order chi connectivity index (χ0) is 21.5. The maximum atomic E-state index is 12.8. The standard InChI is InChI=1S/C22H31N3O5/c1-15(2)9-10-25(14-20(26)23-16-5-3-4-6-16)22(28)21(27)24-17-7-8-18-19(13-17)30-12-11-29-18/h7-8,13,15-16H,3-6,9-12,14H2,1-2H3,(H,23,26)(H,24,27). The molecule has 164 valence electrons. The lowest BCUT2D eigenvalue weighted by Crippen LogP contribution is -2.47. The van der Waals surface area contributed by atoms with Crippen LogP contribution in [0.5, 0.6) is 11.5 Å². The summed E-state index contributed by atoms with van der Waals surface area (Å²) >= 11 is 0. The van der Waals surface area contributed by atoms with Crippen molar-refractivity contribution >= 4 is 23.4 Å². The topological polar surface area (TPSA) is 97.0 Å². The van der Waals surface area contributed by atoms with Crippen LogP contribution >= 0.6 is 0 Å². The summed E-state index contributed by atoms with van der Waals surface area (Å²) in [6.07, 6.45) is 4.87. The number of anilines is 1. The third-order valence-electron chi connectivity index (χ3n) is 5.31. The van der Waals surface area contributed by atoms with E-state index < -0.39 is 11.8 Å². The van der Waals surface area contributed by atoms with E-state index in [0.717, 1.165) is 25.7 Å². The second-order valence-electron chi connectivity index (χ2n) is 8.27. The highest BCUT2D eigenvalue weighted by Gasteiger charge is 2.26. The molecule has 0 bridgehead atoms. The lowest BCUT2D eigenvalue weighted by molar-refractivity contribution is -0.145. The smallest absolute Gasteiger partial charge is 0.313 e. The van der Waals surface area contributed by atoms with Crippen molar-refractivity contribution in [2.45, 2.75) is 52.0 Å². The first-order valence-corrected chi connectivity index (χ1v) is 10.7. The van der Waals surface area contributed by atoms with Gasteiger partial charge in [-0.1, -0.05) is 26.7 Å². The molecule has 1 aromatic carbocycles. The van der Waals surface area contributed by atoms with Crippen molar-refractivity contribution in [2.75, 3.05) is 31.6 Å². The van der Waals surface area contributed by atoms with Gasteiger partial charge in [0.05, 0.1) is 6.54 Å². The van der Waals surface area contributed by atoms with E-state index in [9.17, 15) is 14.4 Å². The zero-order valence-electron chi connectivity index (χ0n) is 17.7. The number of nitrogens with zero attached hydrogens (tertiary/aromatic N) is 1. The Labute approximate surface area is 177 Å². The number of hydrogen-bond acceptors (Lipinski definition) is 5. The Kier molecular flexibility index (Phi) is 7.54. The van der Waals surface area contributed by atoms with Crippen molar-refractivity contribution in [3.8, 4) is 11.5 Å². The Bertz CT molecular complexity index is 774. The maximum absolute atomic E-state index is 12.8. The first-order valence-electron chi connectivity index (χ1n) is 10.7. The van der Waals surface area contributed by atoms with E-state index in [1.54, 1.807) is 18.2 Å². The molecule has 2 aliphatic rings. The van der Waals surface area contributed by atoms with Crippen molar-refractivity contribution in [1.29, 1.82) is 0 Å². The van der Waals surface area contributed by atoms with Gasteiger partial charge in [-0.25, -0.2) is 0 Å². The predicted octanol–water partition coefficient (Wildman–Crippen LogP) is 2.33. The molecule has 1 aromatic rings. The molecule has 0 radical (unpaired) electrons. The number of fused-ring (bicyclic) bond motifs is 1. The van der Waals surface area contributed by atoms with E-state index in [1.807, 2.05) is 13.8 Å². The number of nitrogens with one attached hydrogen (secondary N) is 2. The van der Waals surface area contributed by atoms with Crippen LogP contribution in [-0.4, -0.2) is 55.0 Å².